The van der Waals surface area contributed by atoms with Crippen molar-refractivity contribution in [2.24, 2.45) is 0 Å². The normalized spacial score (nSPS) is 19.3. The van der Waals surface area contributed by atoms with Gasteiger partial charge in [0, 0.05) is 45.3 Å². The van der Waals surface area contributed by atoms with Crippen LogP contribution >= 0.6 is 0 Å². The molecule has 8 nitrogen and oxygen atoms in total. The number of likely N-dealkylation sites (tertiary alicyclic amines) is 1. The molecule has 0 radical (unpaired) electrons. The van der Waals surface area contributed by atoms with Crippen LogP contribution in [0.2, 0.25) is 0 Å². The Morgan fingerprint density at radius 2 is 1.67 bits per heavy atom. The zero-order valence-corrected chi connectivity index (χ0v) is 13.7. The minimum absolute atomic E-state index is 0.187. The molecule has 24 heavy (non-hydrogen) atoms. The number of piperazine rings is 1. The molecule has 130 valence electrons. The zero-order valence-electron chi connectivity index (χ0n) is 13.7. The van der Waals surface area contributed by atoms with Crippen LogP contribution in [0.5, 0.6) is 0 Å². The second-order valence-corrected chi connectivity index (χ2v) is 6.32. The first-order valence-electron chi connectivity index (χ1n) is 8.48. The van der Waals surface area contributed by atoms with Crippen molar-refractivity contribution in [1.29, 1.82) is 0 Å². The lowest BCUT2D eigenvalue weighted by molar-refractivity contribution is -0.133. The summed E-state index contributed by atoms with van der Waals surface area (Å²) in [6.45, 7) is 4.65. The highest BCUT2D eigenvalue weighted by molar-refractivity contribution is 5.92. The number of nitrogens with one attached hydrogen (secondary N) is 1. The number of hydrogen-bond acceptors (Lipinski definition) is 5. The molecule has 1 N–H and O–H groups in total. The minimum atomic E-state index is -0.326. The van der Waals surface area contributed by atoms with E-state index in [2.05, 4.69) is 15.1 Å². The number of carbonyl (C=O) groups is 2. The molecule has 0 aliphatic carbocycles. The number of H-pyrrole nitrogens is 1. The number of hydrogen-bond donors (Lipinski definition) is 1. The molecule has 1 aromatic rings. The highest BCUT2D eigenvalue weighted by Gasteiger charge is 2.25. The van der Waals surface area contributed by atoms with Gasteiger partial charge in [0.05, 0.1) is 6.54 Å². The molecule has 0 bridgehead atoms. The summed E-state index contributed by atoms with van der Waals surface area (Å²) in [4.78, 5) is 41.4. The van der Waals surface area contributed by atoms with E-state index in [1.54, 1.807) is 4.90 Å². The third kappa shape index (κ3) is 4.00. The number of aromatic nitrogens is 2. The summed E-state index contributed by atoms with van der Waals surface area (Å²) in [6.07, 6.45) is 3.41. The van der Waals surface area contributed by atoms with Crippen LogP contribution in [0.25, 0.3) is 0 Å². The Bertz CT molecular complexity index is 625. The highest BCUT2D eigenvalue weighted by Crippen LogP contribution is 2.11. The van der Waals surface area contributed by atoms with E-state index in [-0.39, 0.29) is 23.1 Å². The molecule has 0 atom stereocenters. The summed E-state index contributed by atoms with van der Waals surface area (Å²) in [6, 6.07) is 2.74. The number of rotatable bonds is 3. The first-order valence-corrected chi connectivity index (χ1v) is 8.48. The molecule has 0 saturated carbocycles. The Kier molecular flexibility index (Phi) is 5.24. The topological polar surface area (TPSA) is 89.6 Å². The first kappa shape index (κ1) is 16.6. The molecule has 0 spiro atoms. The summed E-state index contributed by atoms with van der Waals surface area (Å²) < 4.78 is 0. The lowest BCUT2D eigenvalue weighted by atomic mass is 10.1. The first-order chi connectivity index (χ1) is 11.6. The van der Waals surface area contributed by atoms with Gasteiger partial charge in [0.2, 0.25) is 5.91 Å². The number of piperidine rings is 1. The molecular formula is C16H23N5O3. The maximum absolute atomic E-state index is 12.3. The van der Waals surface area contributed by atoms with Gasteiger partial charge < -0.3 is 9.80 Å². The standard InChI is InChI=1S/C16H23N5O3/c22-14-5-4-13(17-18-14)16(24)21-10-8-19(9-11-21)12-15(23)20-6-2-1-3-7-20/h4-5H,1-3,6-12H2,(H,18,22). The van der Waals surface area contributed by atoms with Crippen LogP contribution in [0.4, 0.5) is 0 Å². The third-order valence-electron chi connectivity index (χ3n) is 4.63. The van der Waals surface area contributed by atoms with E-state index in [1.807, 2.05) is 4.90 Å². The SMILES string of the molecule is O=C(CN1CCN(C(=O)c2ccc(=O)[nH]n2)CC1)N1CCCCC1. The molecule has 8 heteroatoms. The molecule has 2 aliphatic heterocycles. The molecule has 3 rings (SSSR count). The van der Waals surface area contributed by atoms with Crippen molar-refractivity contribution in [3.8, 4) is 0 Å². The number of nitrogens with zero attached hydrogens (tertiary/aromatic N) is 4. The van der Waals surface area contributed by atoms with E-state index < -0.39 is 0 Å². The van der Waals surface area contributed by atoms with Gasteiger partial charge >= 0.3 is 0 Å². The molecule has 2 aliphatic rings. The lowest BCUT2D eigenvalue weighted by Crippen LogP contribution is -2.52. The van der Waals surface area contributed by atoms with Crippen LogP contribution in [-0.4, -0.2) is 82.5 Å². The zero-order chi connectivity index (χ0) is 16.9. The predicted octanol–water partition coefficient (Wildman–Crippen LogP) is -0.460. The molecule has 2 fully saturated rings. The Morgan fingerprint density at radius 1 is 0.958 bits per heavy atom. The summed E-state index contributed by atoms with van der Waals surface area (Å²) in [5.41, 5.74) is -0.0833. The number of aromatic amines is 1. The van der Waals surface area contributed by atoms with Crippen molar-refractivity contribution in [3.63, 3.8) is 0 Å². The lowest BCUT2D eigenvalue weighted by Gasteiger charge is -2.35. The largest absolute Gasteiger partial charge is 0.342 e. The third-order valence-corrected chi connectivity index (χ3v) is 4.63. The van der Waals surface area contributed by atoms with Gasteiger partial charge in [-0.2, -0.15) is 5.10 Å². The average molecular weight is 333 g/mol. The van der Waals surface area contributed by atoms with E-state index in [1.165, 1.54) is 18.6 Å². The van der Waals surface area contributed by atoms with Crippen LogP contribution in [0.1, 0.15) is 29.8 Å². The highest BCUT2D eigenvalue weighted by atomic mass is 16.2. The van der Waals surface area contributed by atoms with Crippen LogP contribution < -0.4 is 5.56 Å². The van der Waals surface area contributed by atoms with Crippen molar-refractivity contribution in [1.82, 2.24) is 24.9 Å². The molecule has 2 saturated heterocycles. The molecular weight excluding hydrogens is 310 g/mol. The second kappa shape index (κ2) is 7.57. The number of amides is 2. The quantitative estimate of drug-likeness (QED) is 0.808. The van der Waals surface area contributed by atoms with Crippen molar-refractivity contribution < 1.29 is 9.59 Å². The van der Waals surface area contributed by atoms with Crippen molar-refractivity contribution in [2.45, 2.75) is 19.3 Å². The molecule has 1 aromatic heterocycles. The fourth-order valence-corrected chi connectivity index (χ4v) is 3.17. The molecule has 0 aromatic carbocycles. The van der Waals surface area contributed by atoms with Crippen molar-refractivity contribution in [3.05, 3.63) is 28.2 Å². The second-order valence-electron chi connectivity index (χ2n) is 6.32. The molecule has 2 amide bonds. The van der Waals surface area contributed by atoms with Gasteiger partial charge in [-0.1, -0.05) is 0 Å². The predicted molar refractivity (Wildman–Crippen MR) is 87.6 cm³/mol. The van der Waals surface area contributed by atoms with Crippen LogP contribution in [0, 0.1) is 0 Å². The van der Waals surface area contributed by atoms with Crippen LogP contribution in [0.3, 0.4) is 0 Å². The van der Waals surface area contributed by atoms with E-state index in [0.29, 0.717) is 32.7 Å². The van der Waals surface area contributed by atoms with Gasteiger partial charge in [-0.3, -0.25) is 19.3 Å². The smallest absolute Gasteiger partial charge is 0.274 e. The van der Waals surface area contributed by atoms with Crippen molar-refractivity contribution in [2.75, 3.05) is 45.8 Å². The molecule has 0 unspecified atom stereocenters. The maximum Gasteiger partial charge on any atom is 0.274 e. The maximum atomic E-state index is 12.3. The summed E-state index contributed by atoms with van der Waals surface area (Å²) >= 11 is 0. The number of carbonyl (C=O) groups excluding carboxylic acids is 2. The van der Waals surface area contributed by atoms with Crippen molar-refractivity contribution >= 4 is 11.8 Å². The monoisotopic (exact) mass is 333 g/mol. The summed E-state index contributed by atoms with van der Waals surface area (Å²) in [7, 11) is 0. The van der Waals surface area contributed by atoms with Gasteiger partial charge in [0.15, 0.2) is 0 Å². The van der Waals surface area contributed by atoms with E-state index in [0.717, 1.165) is 25.9 Å². The summed E-state index contributed by atoms with van der Waals surface area (Å²) in [5, 5.41) is 6.06. The summed E-state index contributed by atoms with van der Waals surface area (Å²) in [5.74, 6) is 0.00466. The molecule has 3 heterocycles. The Morgan fingerprint density at radius 3 is 2.29 bits per heavy atom. The Labute approximate surface area is 140 Å². The minimum Gasteiger partial charge on any atom is -0.342 e. The average Bonchev–Trinajstić information content (AvgIpc) is 2.63. The fraction of sp³-hybridized carbons (Fsp3) is 0.625. The van der Waals surface area contributed by atoms with E-state index >= 15 is 0 Å². The Hall–Kier alpha value is -2.22. The van der Waals surface area contributed by atoms with Gasteiger partial charge in [-0.15, -0.1) is 0 Å². The fourth-order valence-electron chi connectivity index (χ4n) is 3.17. The van der Waals surface area contributed by atoms with Gasteiger partial charge in [0.1, 0.15) is 5.69 Å². The van der Waals surface area contributed by atoms with Gasteiger partial charge in [-0.05, 0) is 25.3 Å². The van der Waals surface area contributed by atoms with Crippen LogP contribution in [-0.2, 0) is 4.79 Å². The van der Waals surface area contributed by atoms with Crippen LogP contribution in [0.15, 0.2) is 16.9 Å². The van der Waals surface area contributed by atoms with Gasteiger partial charge in [0.25, 0.3) is 11.5 Å². The van der Waals surface area contributed by atoms with E-state index in [9.17, 15) is 14.4 Å². The Balaban J connectivity index is 1.48. The van der Waals surface area contributed by atoms with Gasteiger partial charge in [-0.25, -0.2) is 5.10 Å². The van der Waals surface area contributed by atoms with E-state index in [4.69, 9.17) is 0 Å².